The molecular formula is C4H15Na3O2S2. The van der Waals surface area contributed by atoms with E-state index in [9.17, 15) is 8.42 Å². The topological polar surface area (TPSA) is 34.1 Å². The van der Waals surface area contributed by atoms with Crippen LogP contribution in [-0.2, 0) is 21.6 Å². The van der Waals surface area contributed by atoms with Gasteiger partial charge in [-0.15, -0.1) is 10.8 Å². The SMILES string of the molecule is CS(C)=O.[CH2-]S(C)=O.[H-].[H-].[HH].[Na+].[Na+].[Na+]. The molecule has 0 saturated heterocycles. The first kappa shape index (κ1) is 29.2. The molecule has 11 heavy (non-hydrogen) atoms. The molecule has 0 aromatic heterocycles. The Morgan fingerprint density at radius 1 is 1.09 bits per heavy atom. The molecular weight excluding hydrogens is 213 g/mol. The summed E-state index contributed by atoms with van der Waals surface area (Å²) in [5, 5.41) is 0. The van der Waals surface area contributed by atoms with Crippen molar-refractivity contribution < 1.29 is 101 Å². The van der Waals surface area contributed by atoms with Crippen molar-refractivity contribution in [2.75, 3.05) is 18.8 Å². The summed E-state index contributed by atoms with van der Waals surface area (Å²) in [6.07, 6.45) is 7.92. The van der Waals surface area contributed by atoms with Crippen LogP contribution in [0.4, 0.5) is 0 Å². The second-order valence-electron chi connectivity index (χ2n) is 1.31. The van der Waals surface area contributed by atoms with Crippen molar-refractivity contribution in [1.29, 1.82) is 0 Å². The van der Waals surface area contributed by atoms with Crippen LogP contribution in [-0.4, -0.2) is 27.2 Å². The van der Waals surface area contributed by atoms with E-state index in [0.717, 1.165) is 0 Å². The van der Waals surface area contributed by atoms with Crippen LogP contribution < -0.4 is 88.7 Å². The van der Waals surface area contributed by atoms with Crippen LogP contribution in [0.15, 0.2) is 0 Å². The Morgan fingerprint density at radius 3 is 1.09 bits per heavy atom. The van der Waals surface area contributed by atoms with Crippen LogP contribution in [0.3, 0.4) is 0 Å². The fraction of sp³-hybridized carbons (Fsp3) is 0.750. The molecule has 0 N–H and O–H groups in total. The number of rotatable bonds is 0. The summed E-state index contributed by atoms with van der Waals surface area (Å²) in [6.45, 7) is 0. The number of hydrogen-bond acceptors (Lipinski definition) is 2. The molecule has 0 heterocycles. The van der Waals surface area contributed by atoms with Gasteiger partial charge in [0.15, 0.2) is 0 Å². The molecule has 1 unspecified atom stereocenters. The summed E-state index contributed by atoms with van der Waals surface area (Å²) in [6, 6.07) is 0. The molecule has 0 aliphatic heterocycles. The van der Waals surface area contributed by atoms with E-state index in [1.807, 2.05) is 0 Å². The predicted octanol–water partition coefficient (Wildman–Crippen LogP) is -8.37. The van der Waals surface area contributed by atoms with E-state index in [0.29, 0.717) is 0 Å². The molecule has 0 saturated carbocycles. The fourth-order valence-electron chi connectivity index (χ4n) is 0. The Labute approximate surface area is 145 Å². The van der Waals surface area contributed by atoms with Crippen molar-refractivity contribution in [3.8, 4) is 0 Å². The molecule has 0 spiro atoms. The minimum Gasteiger partial charge on any atom is -1.00 e. The van der Waals surface area contributed by atoms with Gasteiger partial charge in [0.1, 0.15) is 0 Å². The molecule has 1 atom stereocenters. The molecule has 0 aromatic rings. The van der Waals surface area contributed by atoms with Gasteiger partial charge >= 0.3 is 88.7 Å². The maximum absolute atomic E-state index is 9.56. The Kier molecular flexibility index (Phi) is 61.9. The van der Waals surface area contributed by atoms with Crippen LogP contribution in [0, 0.1) is 6.26 Å². The van der Waals surface area contributed by atoms with Gasteiger partial charge in [-0.25, -0.2) is 0 Å². The van der Waals surface area contributed by atoms with Crippen molar-refractivity contribution in [3.63, 3.8) is 0 Å². The molecule has 0 radical (unpaired) electrons. The third kappa shape index (κ3) is 156. The molecule has 0 fully saturated rings. The Hall–Kier alpha value is 3.30. The summed E-state index contributed by atoms with van der Waals surface area (Å²) in [5.74, 6) is 0. The zero-order valence-corrected chi connectivity index (χ0v) is 16.0. The van der Waals surface area contributed by atoms with E-state index < -0.39 is 21.6 Å². The quantitative estimate of drug-likeness (QED) is 0.305. The molecule has 0 rings (SSSR count). The zero-order chi connectivity index (χ0) is 7.15. The molecule has 0 aromatic carbocycles. The van der Waals surface area contributed by atoms with Crippen LogP contribution in [0.5, 0.6) is 0 Å². The van der Waals surface area contributed by atoms with Gasteiger partial charge in [0.2, 0.25) is 0 Å². The van der Waals surface area contributed by atoms with Crippen LogP contribution >= 0.6 is 0 Å². The third-order valence-electron chi connectivity index (χ3n) is 0. The Balaban J connectivity index is -0.00000000600. The summed E-state index contributed by atoms with van der Waals surface area (Å²) >= 11 is 0. The van der Waals surface area contributed by atoms with Crippen molar-refractivity contribution in [1.82, 2.24) is 0 Å². The van der Waals surface area contributed by atoms with Gasteiger partial charge in [0.05, 0.1) is 0 Å². The second kappa shape index (κ2) is 23.3. The van der Waals surface area contributed by atoms with Gasteiger partial charge in [0.25, 0.3) is 0 Å². The van der Waals surface area contributed by atoms with Gasteiger partial charge in [-0.05, 0) is 6.26 Å². The van der Waals surface area contributed by atoms with E-state index in [2.05, 4.69) is 6.26 Å². The van der Waals surface area contributed by atoms with Gasteiger partial charge in [-0.3, -0.25) is 14.7 Å². The minimum atomic E-state index is -0.861. The summed E-state index contributed by atoms with van der Waals surface area (Å²) in [4.78, 5) is 0. The standard InChI is InChI=1S/C2H6OS.C2H5OS.3Na.H2.2H/c2*1-4(2)3;;;;;;/h1-2H3;1H2,2H3;;;;1H;;/q;-1;3*+1;;2*-1. The van der Waals surface area contributed by atoms with Gasteiger partial charge < -0.3 is 2.85 Å². The van der Waals surface area contributed by atoms with E-state index in [1.54, 1.807) is 12.5 Å². The van der Waals surface area contributed by atoms with Gasteiger partial charge in [0, 0.05) is 24.7 Å². The first-order chi connectivity index (χ1) is 3.46. The van der Waals surface area contributed by atoms with Crippen LogP contribution in [0.2, 0.25) is 0 Å². The average Bonchev–Trinajstić information content (AvgIpc) is 1.25. The van der Waals surface area contributed by atoms with E-state index in [4.69, 9.17) is 0 Å². The second-order valence-corrected chi connectivity index (χ2v) is 3.94. The molecule has 0 aliphatic carbocycles. The van der Waals surface area contributed by atoms with Crippen molar-refractivity contribution in [2.45, 2.75) is 0 Å². The predicted molar refractivity (Wildman–Crippen MR) is 43.8 cm³/mol. The average molecular weight is 228 g/mol. The first-order valence-corrected chi connectivity index (χ1v) is 5.54. The minimum absolute atomic E-state index is 0. The normalized spacial score (nSPS) is 8.82. The van der Waals surface area contributed by atoms with Gasteiger partial charge in [-0.2, -0.15) is 0 Å². The van der Waals surface area contributed by atoms with Crippen molar-refractivity contribution in [3.05, 3.63) is 6.26 Å². The Morgan fingerprint density at radius 2 is 1.09 bits per heavy atom. The van der Waals surface area contributed by atoms with Crippen molar-refractivity contribution >= 4 is 21.6 Å². The first-order valence-electron chi connectivity index (χ1n) is 1.85. The Bertz CT molecular complexity index is 89.8. The maximum Gasteiger partial charge on any atom is 1.00 e. The summed E-state index contributed by atoms with van der Waals surface area (Å²) in [5.41, 5.74) is 0. The monoisotopic (exact) mass is 228 g/mol. The smallest absolute Gasteiger partial charge is 1.00 e. The molecule has 0 amide bonds. The summed E-state index contributed by atoms with van der Waals surface area (Å²) < 4.78 is 19.0. The molecule has 0 aliphatic rings. The molecule has 2 nitrogen and oxygen atoms in total. The molecule has 58 valence electrons. The number of hydrogen-bond donors (Lipinski definition) is 0. The van der Waals surface area contributed by atoms with E-state index >= 15 is 0 Å². The van der Waals surface area contributed by atoms with Crippen LogP contribution in [0.25, 0.3) is 0 Å². The summed E-state index contributed by atoms with van der Waals surface area (Å²) in [7, 11) is -1.47. The van der Waals surface area contributed by atoms with Crippen LogP contribution in [0.1, 0.15) is 4.28 Å². The third-order valence-corrected chi connectivity index (χ3v) is 0. The van der Waals surface area contributed by atoms with E-state index in [1.165, 1.54) is 6.26 Å². The van der Waals surface area contributed by atoms with E-state index in [-0.39, 0.29) is 93.0 Å². The fourth-order valence-corrected chi connectivity index (χ4v) is 0. The van der Waals surface area contributed by atoms with Crippen molar-refractivity contribution in [2.24, 2.45) is 0 Å². The molecule has 0 bridgehead atoms. The maximum atomic E-state index is 9.56. The zero-order valence-electron chi connectivity index (χ0n) is 10.3. The van der Waals surface area contributed by atoms with Gasteiger partial charge in [-0.1, -0.05) is 0 Å². The molecule has 7 heteroatoms. The largest absolute Gasteiger partial charge is 1.00 e.